The first kappa shape index (κ1) is 31.1. The van der Waals surface area contributed by atoms with E-state index in [0.717, 1.165) is 0 Å². The molecular formula is C20H35N5O8S. The van der Waals surface area contributed by atoms with Crippen LogP contribution in [-0.2, 0) is 28.8 Å². The van der Waals surface area contributed by atoms with Gasteiger partial charge in [-0.3, -0.25) is 24.0 Å². The lowest BCUT2D eigenvalue weighted by Gasteiger charge is -2.27. The van der Waals surface area contributed by atoms with Gasteiger partial charge in [0.2, 0.25) is 23.6 Å². The molecule has 0 spiro atoms. The molecule has 0 aliphatic carbocycles. The van der Waals surface area contributed by atoms with Gasteiger partial charge in [-0.1, -0.05) is 20.3 Å². The SMILES string of the molecule is CCC(C)C(NC(=O)C(N)CC(N)=O)C(=O)NC(CCC(=O)O)C(=O)NC(CCSC)C(=O)O. The van der Waals surface area contributed by atoms with E-state index >= 15 is 0 Å². The highest BCUT2D eigenvalue weighted by atomic mass is 32.2. The van der Waals surface area contributed by atoms with Crippen LogP contribution in [0, 0.1) is 5.92 Å². The Morgan fingerprint density at radius 3 is 1.97 bits per heavy atom. The lowest BCUT2D eigenvalue weighted by atomic mass is 9.97. The normalized spacial score (nSPS) is 15.2. The van der Waals surface area contributed by atoms with Crippen molar-refractivity contribution in [3.63, 3.8) is 0 Å². The maximum absolute atomic E-state index is 13.0. The lowest BCUT2D eigenvalue weighted by Crippen LogP contribution is -2.58. The first-order valence-corrected chi connectivity index (χ1v) is 12.1. The first-order valence-electron chi connectivity index (χ1n) is 10.7. The van der Waals surface area contributed by atoms with E-state index in [0.29, 0.717) is 12.2 Å². The van der Waals surface area contributed by atoms with Gasteiger partial charge in [0, 0.05) is 6.42 Å². The van der Waals surface area contributed by atoms with E-state index < -0.39 is 78.5 Å². The van der Waals surface area contributed by atoms with Crippen molar-refractivity contribution in [2.45, 2.75) is 70.1 Å². The zero-order valence-corrected chi connectivity index (χ0v) is 20.4. The molecule has 0 aliphatic rings. The van der Waals surface area contributed by atoms with Gasteiger partial charge < -0.3 is 37.6 Å². The van der Waals surface area contributed by atoms with E-state index in [1.807, 2.05) is 0 Å². The Bertz CT molecular complexity index is 750. The minimum Gasteiger partial charge on any atom is -0.481 e. The summed E-state index contributed by atoms with van der Waals surface area (Å²) < 4.78 is 0. The Balaban J connectivity index is 5.60. The summed E-state index contributed by atoms with van der Waals surface area (Å²) >= 11 is 1.39. The molecule has 0 aromatic heterocycles. The maximum Gasteiger partial charge on any atom is 0.326 e. The van der Waals surface area contributed by atoms with Crippen LogP contribution in [0.3, 0.4) is 0 Å². The molecule has 9 N–H and O–H groups in total. The average molecular weight is 506 g/mol. The van der Waals surface area contributed by atoms with Crippen LogP contribution >= 0.6 is 11.8 Å². The van der Waals surface area contributed by atoms with Crippen LogP contribution in [-0.4, -0.2) is 82.0 Å². The van der Waals surface area contributed by atoms with Crippen LogP contribution in [0.4, 0.5) is 0 Å². The van der Waals surface area contributed by atoms with Gasteiger partial charge in [-0.2, -0.15) is 11.8 Å². The smallest absolute Gasteiger partial charge is 0.326 e. The molecule has 0 heterocycles. The number of carboxylic acids is 2. The summed E-state index contributed by atoms with van der Waals surface area (Å²) in [5.41, 5.74) is 10.7. The topological polar surface area (TPSA) is 231 Å². The van der Waals surface area contributed by atoms with E-state index in [2.05, 4.69) is 16.0 Å². The van der Waals surface area contributed by atoms with Crippen LogP contribution in [0.25, 0.3) is 0 Å². The number of carboxylic acid groups (broad SMARTS) is 2. The minimum atomic E-state index is -1.36. The predicted octanol–water partition coefficient (Wildman–Crippen LogP) is -1.61. The van der Waals surface area contributed by atoms with E-state index in [9.17, 15) is 33.9 Å². The van der Waals surface area contributed by atoms with E-state index in [-0.39, 0.29) is 12.8 Å². The molecule has 0 saturated heterocycles. The molecule has 0 aliphatic heterocycles. The fourth-order valence-corrected chi connectivity index (χ4v) is 3.31. The van der Waals surface area contributed by atoms with E-state index in [4.69, 9.17) is 16.6 Å². The van der Waals surface area contributed by atoms with Gasteiger partial charge in [-0.25, -0.2) is 4.79 Å². The van der Waals surface area contributed by atoms with Gasteiger partial charge in [-0.15, -0.1) is 0 Å². The molecule has 34 heavy (non-hydrogen) atoms. The van der Waals surface area contributed by atoms with Crippen molar-refractivity contribution in [3.8, 4) is 0 Å². The van der Waals surface area contributed by atoms with Crippen LogP contribution in [0.15, 0.2) is 0 Å². The fraction of sp³-hybridized carbons (Fsp3) is 0.700. The predicted molar refractivity (Wildman–Crippen MR) is 125 cm³/mol. The number of carbonyl (C=O) groups is 6. The highest BCUT2D eigenvalue weighted by Gasteiger charge is 2.32. The summed E-state index contributed by atoms with van der Waals surface area (Å²) in [4.78, 5) is 71.5. The van der Waals surface area contributed by atoms with Crippen LogP contribution in [0.1, 0.15) is 46.0 Å². The second kappa shape index (κ2) is 15.9. The molecule has 0 fully saturated rings. The van der Waals surface area contributed by atoms with Crippen molar-refractivity contribution in [3.05, 3.63) is 0 Å². The van der Waals surface area contributed by atoms with Gasteiger partial charge in [-0.05, 0) is 30.8 Å². The number of nitrogens with two attached hydrogens (primary N) is 2. The molecule has 0 aromatic rings. The van der Waals surface area contributed by atoms with Gasteiger partial charge in [0.15, 0.2) is 0 Å². The molecule has 0 bridgehead atoms. The summed E-state index contributed by atoms with van der Waals surface area (Å²) in [7, 11) is 0. The monoisotopic (exact) mass is 505 g/mol. The number of primary amides is 1. The second-order valence-electron chi connectivity index (χ2n) is 7.82. The Hall–Kier alpha value is -2.87. The van der Waals surface area contributed by atoms with Crippen molar-refractivity contribution in [2.75, 3.05) is 12.0 Å². The third-order valence-corrected chi connectivity index (χ3v) is 5.70. The molecule has 5 unspecified atom stereocenters. The minimum absolute atomic E-state index is 0.130. The third kappa shape index (κ3) is 11.8. The van der Waals surface area contributed by atoms with Crippen molar-refractivity contribution < 1.29 is 39.0 Å². The third-order valence-electron chi connectivity index (χ3n) is 5.06. The van der Waals surface area contributed by atoms with Crippen LogP contribution in [0.2, 0.25) is 0 Å². The number of hydrogen-bond donors (Lipinski definition) is 7. The fourth-order valence-electron chi connectivity index (χ4n) is 2.84. The van der Waals surface area contributed by atoms with Crippen molar-refractivity contribution in [2.24, 2.45) is 17.4 Å². The van der Waals surface area contributed by atoms with Crippen molar-refractivity contribution in [1.29, 1.82) is 0 Å². The molecule has 0 rings (SSSR count). The number of nitrogens with one attached hydrogen (secondary N) is 3. The summed E-state index contributed by atoms with van der Waals surface area (Å²) in [5, 5.41) is 25.5. The van der Waals surface area contributed by atoms with Gasteiger partial charge in [0.1, 0.15) is 18.1 Å². The van der Waals surface area contributed by atoms with Crippen LogP contribution in [0.5, 0.6) is 0 Å². The molecule has 194 valence electrons. The Labute approximate surface area is 202 Å². The highest BCUT2D eigenvalue weighted by Crippen LogP contribution is 2.11. The number of hydrogen-bond acceptors (Lipinski definition) is 8. The summed E-state index contributed by atoms with van der Waals surface area (Å²) in [5.74, 6) is -5.68. The molecule has 0 saturated carbocycles. The first-order chi connectivity index (χ1) is 15.8. The average Bonchev–Trinajstić information content (AvgIpc) is 2.75. The number of carbonyl (C=O) groups excluding carboxylic acids is 4. The van der Waals surface area contributed by atoms with Gasteiger partial charge >= 0.3 is 11.9 Å². The van der Waals surface area contributed by atoms with Crippen LogP contribution < -0.4 is 27.4 Å². The number of aliphatic carboxylic acids is 2. The number of rotatable bonds is 17. The van der Waals surface area contributed by atoms with E-state index in [1.54, 1.807) is 20.1 Å². The van der Waals surface area contributed by atoms with Crippen molar-refractivity contribution in [1.82, 2.24) is 16.0 Å². The number of amides is 4. The summed E-state index contributed by atoms with van der Waals surface area (Å²) in [6.07, 6.45) is 1.15. The van der Waals surface area contributed by atoms with E-state index in [1.165, 1.54) is 11.8 Å². The molecular weight excluding hydrogens is 470 g/mol. The zero-order chi connectivity index (χ0) is 26.4. The Morgan fingerprint density at radius 1 is 0.912 bits per heavy atom. The summed E-state index contributed by atoms with van der Waals surface area (Å²) in [6, 6.07) is -5.01. The Kier molecular flexibility index (Phi) is 14.5. The lowest BCUT2D eigenvalue weighted by molar-refractivity contribution is -0.143. The standard InChI is InChI=1S/C20H35N5O8S/c1-4-10(2)16(25-17(29)11(21)9-14(22)26)19(31)23-12(5-6-15(27)28)18(30)24-13(20(32)33)7-8-34-3/h10-13,16H,4-9,21H2,1-3H3,(H2,22,26)(H,23,31)(H,24,30)(H,25,29)(H,27,28)(H,32,33). The zero-order valence-electron chi connectivity index (χ0n) is 19.5. The molecule has 0 radical (unpaired) electrons. The number of thioether (sulfide) groups is 1. The molecule has 0 aromatic carbocycles. The van der Waals surface area contributed by atoms with Crippen molar-refractivity contribution >= 4 is 47.3 Å². The molecule has 4 amide bonds. The largest absolute Gasteiger partial charge is 0.481 e. The summed E-state index contributed by atoms with van der Waals surface area (Å²) in [6.45, 7) is 3.43. The van der Waals surface area contributed by atoms with Gasteiger partial charge in [0.25, 0.3) is 0 Å². The molecule has 14 heteroatoms. The Morgan fingerprint density at radius 2 is 1.50 bits per heavy atom. The maximum atomic E-state index is 13.0. The second-order valence-corrected chi connectivity index (χ2v) is 8.81. The molecule has 5 atom stereocenters. The molecule has 13 nitrogen and oxygen atoms in total. The quantitative estimate of drug-likeness (QED) is 0.119. The van der Waals surface area contributed by atoms with Gasteiger partial charge in [0.05, 0.1) is 12.5 Å². The highest BCUT2D eigenvalue weighted by molar-refractivity contribution is 7.98.